The monoisotopic (exact) mass is 226 g/mol. The maximum Gasteiger partial charge on any atom is 0.141 e. The van der Waals surface area contributed by atoms with Gasteiger partial charge >= 0.3 is 0 Å². The van der Waals surface area contributed by atoms with Gasteiger partial charge in [0.1, 0.15) is 22.9 Å². The number of nitrogens with two attached hydrogens (primary N) is 1. The van der Waals surface area contributed by atoms with E-state index < -0.39 is 0 Å². The number of pyridine rings is 2. The Morgan fingerprint density at radius 3 is 3.00 bits per heavy atom. The Morgan fingerprint density at radius 2 is 2.18 bits per heavy atom. The van der Waals surface area contributed by atoms with Crippen LogP contribution >= 0.6 is 0 Å². The molecule has 0 fully saturated rings. The van der Waals surface area contributed by atoms with Gasteiger partial charge in [-0.25, -0.2) is 4.98 Å². The van der Waals surface area contributed by atoms with E-state index in [1.54, 1.807) is 30.6 Å². The summed E-state index contributed by atoms with van der Waals surface area (Å²) in [6.45, 7) is 0. The molecule has 3 aromatic heterocycles. The van der Waals surface area contributed by atoms with E-state index in [9.17, 15) is 5.11 Å². The van der Waals surface area contributed by atoms with Crippen molar-refractivity contribution in [1.82, 2.24) is 15.0 Å². The molecule has 0 aliphatic rings. The van der Waals surface area contributed by atoms with Gasteiger partial charge in [-0.15, -0.1) is 0 Å². The average molecular weight is 226 g/mol. The molecular weight excluding hydrogens is 216 g/mol. The first-order valence-electron chi connectivity index (χ1n) is 5.13. The second-order valence-corrected chi connectivity index (χ2v) is 3.71. The molecule has 0 aromatic carbocycles. The summed E-state index contributed by atoms with van der Waals surface area (Å²) < 4.78 is 0. The highest BCUT2D eigenvalue weighted by atomic mass is 16.3. The third kappa shape index (κ3) is 1.48. The lowest BCUT2D eigenvalue weighted by Gasteiger charge is -2.05. The van der Waals surface area contributed by atoms with Crippen molar-refractivity contribution in [2.75, 3.05) is 5.73 Å². The maximum absolute atomic E-state index is 9.82. The quantitative estimate of drug-likeness (QED) is 0.591. The van der Waals surface area contributed by atoms with Crippen LogP contribution in [-0.2, 0) is 0 Å². The molecule has 0 aliphatic carbocycles. The van der Waals surface area contributed by atoms with Gasteiger partial charge in [-0.05, 0) is 24.3 Å². The molecule has 4 N–H and O–H groups in total. The summed E-state index contributed by atoms with van der Waals surface area (Å²) in [6.07, 6.45) is 3.41. The molecule has 0 saturated carbocycles. The van der Waals surface area contributed by atoms with Crippen molar-refractivity contribution < 1.29 is 5.11 Å². The zero-order chi connectivity index (χ0) is 11.8. The van der Waals surface area contributed by atoms with Crippen molar-refractivity contribution >= 4 is 16.9 Å². The number of hydrogen-bond acceptors (Lipinski definition) is 4. The molecule has 3 aromatic rings. The number of hydrogen-bond donors (Lipinski definition) is 3. The van der Waals surface area contributed by atoms with Crippen LogP contribution in [-0.4, -0.2) is 20.1 Å². The number of H-pyrrole nitrogens is 1. The lowest BCUT2D eigenvalue weighted by Crippen LogP contribution is -1.93. The highest BCUT2D eigenvalue weighted by Gasteiger charge is 2.11. The van der Waals surface area contributed by atoms with Crippen LogP contribution in [0.4, 0.5) is 5.82 Å². The lowest BCUT2D eigenvalue weighted by atomic mass is 10.1. The molecule has 0 atom stereocenters. The molecule has 17 heavy (non-hydrogen) atoms. The van der Waals surface area contributed by atoms with Crippen molar-refractivity contribution in [2.24, 2.45) is 0 Å². The van der Waals surface area contributed by atoms with Crippen LogP contribution in [0.15, 0.2) is 36.7 Å². The smallest absolute Gasteiger partial charge is 0.141 e. The Labute approximate surface area is 97.0 Å². The number of aromatic hydroxyl groups is 1. The minimum atomic E-state index is 0.126. The summed E-state index contributed by atoms with van der Waals surface area (Å²) in [7, 11) is 0. The maximum atomic E-state index is 9.82. The minimum Gasteiger partial charge on any atom is -0.506 e. The van der Waals surface area contributed by atoms with Crippen molar-refractivity contribution in [3.05, 3.63) is 36.7 Å². The van der Waals surface area contributed by atoms with Crippen LogP contribution < -0.4 is 5.73 Å². The third-order valence-electron chi connectivity index (χ3n) is 2.59. The van der Waals surface area contributed by atoms with E-state index in [2.05, 4.69) is 15.0 Å². The largest absolute Gasteiger partial charge is 0.506 e. The molecule has 0 amide bonds. The number of nitrogens with zero attached hydrogens (tertiary/aromatic N) is 2. The van der Waals surface area contributed by atoms with Gasteiger partial charge in [0.25, 0.3) is 0 Å². The van der Waals surface area contributed by atoms with Gasteiger partial charge in [0.15, 0.2) is 0 Å². The minimum absolute atomic E-state index is 0.126. The Bertz CT molecular complexity index is 690. The summed E-state index contributed by atoms with van der Waals surface area (Å²) in [6, 6.07) is 6.86. The fraction of sp³-hybridized carbons (Fsp3) is 0. The van der Waals surface area contributed by atoms with E-state index in [1.807, 2.05) is 6.07 Å². The summed E-state index contributed by atoms with van der Waals surface area (Å²) in [5.74, 6) is 0.514. The summed E-state index contributed by atoms with van der Waals surface area (Å²) >= 11 is 0. The molecule has 0 spiro atoms. The van der Waals surface area contributed by atoms with Crippen LogP contribution in [0.3, 0.4) is 0 Å². The van der Waals surface area contributed by atoms with E-state index in [4.69, 9.17) is 5.73 Å². The van der Waals surface area contributed by atoms with E-state index in [0.29, 0.717) is 17.2 Å². The van der Waals surface area contributed by atoms with Gasteiger partial charge in [-0.1, -0.05) is 0 Å². The third-order valence-corrected chi connectivity index (χ3v) is 2.59. The predicted molar refractivity (Wildman–Crippen MR) is 65.4 cm³/mol. The van der Waals surface area contributed by atoms with Crippen molar-refractivity contribution in [2.45, 2.75) is 0 Å². The molecular formula is C12H10N4O. The van der Waals surface area contributed by atoms with Crippen LogP contribution in [0.25, 0.3) is 22.3 Å². The predicted octanol–water partition coefficient (Wildman–Crippen LogP) is 1.91. The van der Waals surface area contributed by atoms with Gasteiger partial charge in [0, 0.05) is 23.3 Å². The number of anilines is 1. The second kappa shape index (κ2) is 3.48. The van der Waals surface area contributed by atoms with E-state index in [1.165, 1.54) is 0 Å². The van der Waals surface area contributed by atoms with E-state index in [0.717, 1.165) is 10.9 Å². The first-order valence-corrected chi connectivity index (χ1v) is 5.13. The topological polar surface area (TPSA) is 87.8 Å². The molecule has 5 heteroatoms. The van der Waals surface area contributed by atoms with Crippen LogP contribution in [0.2, 0.25) is 0 Å². The number of rotatable bonds is 1. The van der Waals surface area contributed by atoms with Crippen LogP contribution in [0.1, 0.15) is 0 Å². The summed E-state index contributed by atoms with van der Waals surface area (Å²) in [5.41, 5.74) is 7.69. The fourth-order valence-electron chi connectivity index (χ4n) is 1.86. The van der Waals surface area contributed by atoms with Gasteiger partial charge < -0.3 is 15.8 Å². The van der Waals surface area contributed by atoms with Crippen molar-refractivity contribution in [1.29, 1.82) is 0 Å². The Balaban J connectivity index is 2.37. The normalized spacial score (nSPS) is 10.8. The van der Waals surface area contributed by atoms with E-state index in [-0.39, 0.29) is 5.75 Å². The zero-order valence-corrected chi connectivity index (χ0v) is 8.88. The van der Waals surface area contributed by atoms with Gasteiger partial charge in [-0.2, -0.15) is 0 Å². The standard InChI is InChI=1S/C12H10N4O/c13-10-6-8(7-3-5-15-12(7)16-10)11-9(17)2-1-4-14-11/h1-6,17H,(H3,13,15,16). The number of aromatic amines is 1. The van der Waals surface area contributed by atoms with Crippen LogP contribution in [0.5, 0.6) is 5.75 Å². The first-order chi connectivity index (χ1) is 8.25. The molecule has 3 rings (SSSR count). The molecule has 84 valence electrons. The second-order valence-electron chi connectivity index (χ2n) is 3.71. The number of aromatic nitrogens is 3. The molecule has 5 nitrogen and oxygen atoms in total. The summed E-state index contributed by atoms with van der Waals surface area (Å²) in [5, 5.41) is 10.7. The van der Waals surface area contributed by atoms with E-state index >= 15 is 0 Å². The van der Waals surface area contributed by atoms with Gasteiger partial charge in [0.2, 0.25) is 0 Å². The fourth-order valence-corrected chi connectivity index (χ4v) is 1.86. The van der Waals surface area contributed by atoms with Crippen molar-refractivity contribution in [3.8, 4) is 17.0 Å². The summed E-state index contributed by atoms with van der Waals surface area (Å²) in [4.78, 5) is 11.3. The van der Waals surface area contributed by atoms with Gasteiger partial charge in [-0.3, -0.25) is 4.98 Å². The molecule has 0 aliphatic heterocycles. The Kier molecular flexibility index (Phi) is 1.98. The highest BCUT2D eigenvalue weighted by molar-refractivity contribution is 5.94. The average Bonchev–Trinajstić information content (AvgIpc) is 2.76. The number of fused-ring (bicyclic) bond motifs is 1. The molecule has 0 bridgehead atoms. The first kappa shape index (κ1) is 9.65. The number of nitrogens with one attached hydrogen (secondary N) is 1. The van der Waals surface area contributed by atoms with Crippen LogP contribution in [0, 0.1) is 0 Å². The highest BCUT2D eigenvalue weighted by Crippen LogP contribution is 2.32. The number of nitrogen functional groups attached to an aromatic ring is 1. The Hall–Kier alpha value is -2.56. The van der Waals surface area contributed by atoms with Crippen molar-refractivity contribution in [3.63, 3.8) is 0 Å². The molecule has 0 saturated heterocycles. The SMILES string of the molecule is Nc1cc(-c2ncccc2O)c2cc[nH]c2n1. The Morgan fingerprint density at radius 1 is 1.29 bits per heavy atom. The molecule has 3 heterocycles. The van der Waals surface area contributed by atoms with Gasteiger partial charge in [0.05, 0.1) is 0 Å². The molecule has 0 radical (unpaired) electrons. The molecule has 0 unspecified atom stereocenters. The lowest BCUT2D eigenvalue weighted by molar-refractivity contribution is 0.475. The zero-order valence-electron chi connectivity index (χ0n) is 8.88.